The molecule has 0 spiro atoms. The Kier molecular flexibility index (Phi) is 46.6. The van der Waals surface area contributed by atoms with Gasteiger partial charge < -0.3 is 45.1 Å². The van der Waals surface area contributed by atoms with Gasteiger partial charge in [0.1, 0.15) is 24.4 Å². The van der Waals surface area contributed by atoms with Crippen LogP contribution in [0.15, 0.2) is 72.9 Å². The fourth-order valence-corrected chi connectivity index (χ4v) is 8.91. The Morgan fingerprint density at radius 3 is 1.48 bits per heavy atom. The lowest BCUT2D eigenvalue weighted by Crippen LogP contribution is -2.61. The lowest BCUT2D eigenvalue weighted by molar-refractivity contribution is -0.305. The Hall–Kier alpha value is -2.90. The molecule has 0 aromatic heterocycles. The predicted octanol–water partition coefficient (Wildman–Crippen LogP) is 13.6. The van der Waals surface area contributed by atoms with Crippen LogP contribution in [0.25, 0.3) is 0 Å². The summed E-state index contributed by atoms with van der Waals surface area (Å²) < 4.78 is 17.6. The molecule has 0 aromatic rings. The molecule has 11 nitrogen and oxygen atoms in total. The molecule has 1 aliphatic rings. The third-order valence-corrected chi connectivity index (χ3v) is 13.6. The third kappa shape index (κ3) is 38.3. The summed E-state index contributed by atoms with van der Waals surface area (Å²) in [4.78, 5) is 26.5. The number of carbonyl (C=O) groups is 2. The normalized spacial score (nSPS) is 19.9. The molecule has 1 rings (SSSR count). The van der Waals surface area contributed by atoms with E-state index in [-0.39, 0.29) is 19.4 Å². The highest BCUT2D eigenvalue weighted by molar-refractivity contribution is 5.80. The molecular weight excluding hydrogens is 919 g/mol. The van der Waals surface area contributed by atoms with E-state index in [2.05, 4.69) is 86.8 Å². The molecule has 0 saturated carbocycles. The van der Waals surface area contributed by atoms with E-state index in [9.17, 15) is 35.1 Å². The zero-order chi connectivity index (χ0) is 53.3. The largest absolute Gasteiger partial charge is 0.454 e. The molecule has 8 unspecified atom stereocenters. The molecule has 1 aliphatic heterocycles. The summed E-state index contributed by atoms with van der Waals surface area (Å²) in [5.74, 6) is -1.23. The number of nitrogens with one attached hydrogen (secondary N) is 1. The van der Waals surface area contributed by atoms with Crippen molar-refractivity contribution in [3.05, 3.63) is 72.9 Å². The molecule has 8 atom stereocenters. The molecule has 73 heavy (non-hydrogen) atoms. The highest BCUT2D eigenvalue weighted by Crippen LogP contribution is 2.26. The summed E-state index contributed by atoms with van der Waals surface area (Å²) in [5.41, 5.74) is 0. The Bertz CT molecular complexity index is 1460. The second-order valence-electron chi connectivity index (χ2n) is 20.4. The van der Waals surface area contributed by atoms with Crippen LogP contribution >= 0.6 is 0 Å². The molecule has 1 saturated heterocycles. The number of carbonyl (C=O) groups excluding carboxylic acids is 2. The third-order valence-electron chi connectivity index (χ3n) is 13.6. The smallest absolute Gasteiger partial charge is 0.306 e. The number of aliphatic hydroxyl groups is 5. The summed E-state index contributed by atoms with van der Waals surface area (Å²) in [6.45, 7) is 5.65. The quantitative estimate of drug-likeness (QED) is 0.0195. The lowest BCUT2D eigenvalue weighted by Gasteiger charge is -2.41. The van der Waals surface area contributed by atoms with Gasteiger partial charge in [-0.05, 0) is 70.6 Å². The SMILES string of the molecule is CC/C=C\C/C=C\C/C=C\C/C=C\C/C=C\CCCCCC(=O)OC1C(OCC(NC(=O)C(O)CCCCCCCCCCCCCCC)C(O)/C=C/CCCCCCCCCCCC)OC(CO)C(O)C1O. The minimum absolute atomic E-state index is 0.0828. The molecule has 0 aliphatic carbocycles. The van der Waals surface area contributed by atoms with Crippen molar-refractivity contribution in [1.29, 1.82) is 0 Å². The first-order chi connectivity index (χ1) is 35.7. The standard InChI is InChI=1S/C62H109NO10/c1-4-7-10-13-16-19-22-25-26-27-28-29-30-32-35-38-41-44-47-50-57(67)73-60-59(69)58(68)56(51-64)72-62(60)71-52-53(54(65)48-45-42-39-36-33-24-21-18-15-12-9-6-3)63-61(70)55(66)49-46-43-40-37-34-31-23-20-17-14-11-8-5-2/h7,10,16,19,25-26,28-29,32,35,45,48,53-56,58-60,62,64-66,68-69H,4-6,8-9,11-15,17-18,20-24,27,30-31,33-34,36-44,46-47,49-52H2,1-3H3,(H,63,70)/b10-7-,19-16-,26-25-,29-28-,35-32-,48-45+. The molecule has 0 aromatic carbocycles. The number of ether oxygens (including phenoxy) is 3. The molecular formula is C62H109NO10. The first kappa shape index (κ1) is 68.1. The van der Waals surface area contributed by atoms with Gasteiger partial charge in [0.15, 0.2) is 12.4 Å². The highest BCUT2D eigenvalue weighted by atomic mass is 16.7. The van der Waals surface area contributed by atoms with Crippen molar-refractivity contribution in [3.8, 4) is 0 Å². The van der Waals surface area contributed by atoms with Crippen LogP contribution in [-0.4, -0.2) is 99.6 Å². The van der Waals surface area contributed by atoms with Gasteiger partial charge in [0.2, 0.25) is 5.91 Å². The Labute approximate surface area is 445 Å². The second kappa shape index (κ2) is 49.9. The predicted molar refractivity (Wildman–Crippen MR) is 301 cm³/mol. The number of hydrogen-bond donors (Lipinski definition) is 6. The van der Waals surface area contributed by atoms with Gasteiger partial charge in [-0.3, -0.25) is 9.59 Å². The highest BCUT2D eigenvalue weighted by Gasteiger charge is 2.47. The van der Waals surface area contributed by atoms with Crippen LogP contribution in [0, 0.1) is 0 Å². The van der Waals surface area contributed by atoms with Crippen molar-refractivity contribution in [3.63, 3.8) is 0 Å². The maximum Gasteiger partial charge on any atom is 0.306 e. The fraction of sp³-hybridized carbons (Fsp3) is 0.774. The van der Waals surface area contributed by atoms with Crippen LogP contribution in [0.5, 0.6) is 0 Å². The van der Waals surface area contributed by atoms with E-state index in [4.69, 9.17) is 14.2 Å². The van der Waals surface area contributed by atoms with Crippen LogP contribution in [0.3, 0.4) is 0 Å². The van der Waals surface area contributed by atoms with Gasteiger partial charge in [-0.2, -0.15) is 0 Å². The minimum atomic E-state index is -1.63. The van der Waals surface area contributed by atoms with Gasteiger partial charge in [0.05, 0.1) is 25.4 Å². The summed E-state index contributed by atoms with van der Waals surface area (Å²) in [6.07, 6.45) is 52.2. The molecule has 11 heteroatoms. The van der Waals surface area contributed by atoms with Crippen LogP contribution in [0.2, 0.25) is 0 Å². The Morgan fingerprint density at radius 1 is 0.548 bits per heavy atom. The van der Waals surface area contributed by atoms with Crippen molar-refractivity contribution in [1.82, 2.24) is 5.32 Å². The van der Waals surface area contributed by atoms with Crippen LogP contribution in [-0.2, 0) is 23.8 Å². The van der Waals surface area contributed by atoms with Crippen molar-refractivity contribution < 1.29 is 49.3 Å². The van der Waals surface area contributed by atoms with Gasteiger partial charge in [-0.1, -0.05) is 241 Å². The van der Waals surface area contributed by atoms with E-state index in [1.54, 1.807) is 6.08 Å². The number of amides is 1. The van der Waals surface area contributed by atoms with Gasteiger partial charge in [-0.15, -0.1) is 0 Å². The zero-order valence-corrected chi connectivity index (χ0v) is 46.5. The molecule has 422 valence electrons. The molecule has 0 radical (unpaired) electrons. The molecule has 0 bridgehead atoms. The first-order valence-electron chi connectivity index (χ1n) is 29.7. The number of esters is 1. The Morgan fingerprint density at radius 2 is 0.986 bits per heavy atom. The second-order valence-corrected chi connectivity index (χ2v) is 20.4. The van der Waals surface area contributed by atoms with Gasteiger partial charge >= 0.3 is 5.97 Å². The summed E-state index contributed by atoms with van der Waals surface area (Å²) >= 11 is 0. The van der Waals surface area contributed by atoms with E-state index in [1.807, 2.05) is 6.08 Å². The van der Waals surface area contributed by atoms with Crippen molar-refractivity contribution >= 4 is 11.9 Å². The lowest BCUT2D eigenvalue weighted by atomic mass is 9.99. The van der Waals surface area contributed by atoms with E-state index < -0.39 is 67.4 Å². The summed E-state index contributed by atoms with van der Waals surface area (Å²) in [7, 11) is 0. The monoisotopic (exact) mass is 1030 g/mol. The number of hydrogen-bond acceptors (Lipinski definition) is 10. The number of unbranched alkanes of at least 4 members (excludes halogenated alkanes) is 25. The fourth-order valence-electron chi connectivity index (χ4n) is 8.91. The van der Waals surface area contributed by atoms with Crippen LogP contribution in [0.4, 0.5) is 0 Å². The first-order valence-corrected chi connectivity index (χ1v) is 29.7. The molecule has 1 heterocycles. The molecule has 1 fully saturated rings. The zero-order valence-electron chi connectivity index (χ0n) is 46.5. The molecule has 6 N–H and O–H groups in total. The summed E-state index contributed by atoms with van der Waals surface area (Å²) in [6, 6.07) is -1.03. The topological polar surface area (TPSA) is 175 Å². The number of aliphatic hydroxyl groups excluding tert-OH is 5. The number of rotatable bonds is 49. The van der Waals surface area contributed by atoms with Gasteiger partial charge in [0, 0.05) is 6.42 Å². The van der Waals surface area contributed by atoms with E-state index >= 15 is 0 Å². The van der Waals surface area contributed by atoms with Crippen molar-refractivity contribution in [2.45, 2.75) is 294 Å². The number of allylic oxidation sites excluding steroid dienone is 11. The maximum absolute atomic E-state index is 13.4. The van der Waals surface area contributed by atoms with Crippen molar-refractivity contribution in [2.24, 2.45) is 0 Å². The van der Waals surface area contributed by atoms with E-state index in [0.29, 0.717) is 12.8 Å². The average molecular weight is 1030 g/mol. The minimum Gasteiger partial charge on any atom is -0.454 e. The van der Waals surface area contributed by atoms with Crippen LogP contribution < -0.4 is 5.32 Å². The maximum atomic E-state index is 13.4. The Balaban J connectivity index is 2.73. The van der Waals surface area contributed by atoms with Gasteiger partial charge in [-0.25, -0.2) is 0 Å². The van der Waals surface area contributed by atoms with Crippen LogP contribution in [0.1, 0.15) is 245 Å². The molecule has 1 amide bonds. The summed E-state index contributed by atoms with van der Waals surface area (Å²) in [5, 5.41) is 56.8. The average Bonchev–Trinajstić information content (AvgIpc) is 3.39. The van der Waals surface area contributed by atoms with E-state index in [1.165, 1.54) is 109 Å². The van der Waals surface area contributed by atoms with Crippen molar-refractivity contribution in [2.75, 3.05) is 13.2 Å². The van der Waals surface area contributed by atoms with Gasteiger partial charge in [0.25, 0.3) is 0 Å². The van der Waals surface area contributed by atoms with E-state index in [0.717, 1.165) is 89.9 Å².